The fourth-order valence-electron chi connectivity index (χ4n) is 4.54. The summed E-state index contributed by atoms with van der Waals surface area (Å²) in [5, 5.41) is 0.998. The van der Waals surface area contributed by atoms with E-state index in [1.807, 2.05) is 0 Å². The molecule has 0 unspecified atom stereocenters. The maximum atomic E-state index is 13.1. The third-order valence-electron chi connectivity index (χ3n) is 6.43. The molecule has 14 heteroatoms. The zero-order valence-electron chi connectivity index (χ0n) is 20.5. The third-order valence-corrected chi connectivity index (χ3v) is 10.2. The molecule has 0 spiro atoms. The Kier molecular flexibility index (Phi) is 9.27. The Morgan fingerprint density at radius 1 is 1.05 bits per heavy atom. The molecule has 1 aromatic carbocycles. The van der Waals surface area contributed by atoms with Gasteiger partial charge in [-0.25, -0.2) is 21.6 Å². The van der Waals surface area contributed by atoms with Gasteiger partial charge in [-0.1, -0.05) is 29.8 Å². The van der Waals surface area contributed by atoms with Gasteiger partial charge in [0.05, 0.1) is 15.8 Å². The van der Waals surface area contributed by atoms with E-state index in [2.05, 4.69) is 9.44 Å². The first-order valence-electron chi connectivity index (χ1n) is 12.1. The number of sulfonamides is 2. The maximum Gasteiger partial charge on any atom is 0.242 e. The highest BCUT2D eigenvalue weighted by molar-refractivity contribution is 7.92. The summed E-state index contributed by atoms with van der Waals surface area (Å²) in [6.45, 7) is 0.682. The van der Waals surface area contributed by atoms with Gasteiger partial charge in [0, 0.05) is 36.0 Å². The fraction of sp³-hybridized carbons (Fsp3) is 0.417. The fourth-order valence-corrected chi connectivity index (χ4v) is 7.70. The van der Waals surface area contributed by atoms with Gasteiger partial charge in [-0.3, -0.25) is 9.59 Å². The van der Waals surface area contributed by atoms with Crippen molar-refractivity contribution in [3.05, 3.63) is 57.1 Å². The standard InChI is InChI=1S/C24H29ClN4O6S3/c25-22-11-10-19(36-22)12-15-37(32,33)27-21-9-5-13-28(24(21)31)17-23(30)29-14-4-6-18(29)16-26-38(34,35)20-7-2-1-3-8-20/h1-3,7-8,10-12,15,18,21,26-27H,4-6,9,13-14,16-17H2/b15-12+/t18-,21+/m1/s1. The lowest BCUT2D eigenvalue weighted by Gasteiger charge is -2.34. The predicted molar refractivity (Wildman–Crippen MR) is 146 cm³/mol. The molecule has 206 valence electrons. The second-order valence-electron chi connectivity index (χ2n) is 9.11. The van der Waals surface area contributed by atoms with Crippen molar-refractivity contribution in [2.75, 3.05) is 26.2 Å². The van der Waals surface area contributed by atoms with Crippen LogP contribution in [-0.4, -0.2) is 76.7 Å². The average Bonchev–Trinajstić information content (AvgIpc) is 3.53. The maximum absolute atomic E-state index is 13.1. The summed E-state index contributed by atoms with van der Waals surface area (Å²) in [6, 6.07) is 10.1. The van der Waals surface area contributed by atoms with Gasteiger partial charge in [-0.2, -0.15) is 4.72 Å². The topological polar surface area (TPSA) is 133 Å². The van der Waals surface area contributed by atoms with Gasteiger partial charge in [0.15, 0.2) is 0 Å². The van der Waals surface area contributed by atoms with Crippen molar-refractivity contribution in [3.63, 3.8) is 0 Å². The van der Waals surface area contributed by atoms with E-state index in [0.717, 1.165) is 11.8 Å². The van der Waals surface area contributed by atoms with E-state index >= 15 is 0 Å². The van der Waals surface area contributed by atoms with Crippen LogP contribution in [0.5, 0.6) is 0 Å². The minimum Gasteiger partial charge on any atom is -0.337 e. The van der Waals surface area contributed by atoms with Gasteiger partial charge in [-0.05, 0) is 56.0 Å². The Hall–Kier alpha value is -2.29. The molecule has 2 saturated heterocycles. The number of carbonyl (C=O) groups is 2. The van der Waals surface area contributed by atoms with E-state index in [4.69, 9.17) is 11.6 Å². The van der Waals surface area contributed by atoms with Crippen LogP contribution in [0.15, 0.2) is 52.8 Å². The molecule has 2 aromatic rings. The van der Waals surface area contributed by atoms with Crippen molar-refractivity contribution in [3.8, 4) is 0 Å². The van der Waals surface area contributed by atoms with Gasteiger partial charge in [0.1, 0.15) is 6.04 Å². The highest BCUT2D eigenvalue weighted by atomic mass is 35.5. The highest BCUT2D eigenvalue weighted by Gasteiger charge is 2.35. The van der Waals surface area contributed by atoms with E-state index in [1.54, 1.807) is 35.2 Å². The highest BCUT2D eigenvalue weighted by Crippen LogP contribution is 2.23. The average molecular weight is 601 g/mol. The number of amides is 2. The van der Waals surface area contributed by atoms with Crippen LogP contribution in [0.3, 0.4) is 0 Å². The first-order valence-corrected chi connectivity index (χ1v) is 16.4. The Morgan fingerprint density at radius 3 is 2.50 bits per heavy atom. The molecule has 2 aliphatic rings. The summed E-state index contributed by atoms with van der Waals surface area (Å²) in [4.78, 5) is 29.9. The van der Waals surface area contributed by atoms with Crippen LogP contribution in [-0.2, 0) is 29.6 Å². The number of rotatable bonds is 10. The van der Waals surface area contributed by atoms with E-state index in [1.165, 1.54) is 34.4 Å². The molecule has 2 atom stereocenters. The number of likely N-dealkylation sites (tertiary alicyclic amines) is 2. The molecule has 2 N–H and O–H groups in total. The molecule has 3 heterocycles. The lowest BCUT2D eigenvalue weighted by molar-refractivity contribution is -0.143. The number of nitrogens with one attached hydrogen (secondary N) is 2. The first-order chi connectivity index (χ1) is 18.0. The monoisotopic (exact) mass is 600 g/mol. The first kappa shape index (κ1) is 28.7. The van der Waals surface area contributed by atoms with Gasteiger partial charge in [0.25, 0.3) is 0 Å². The van der Waals surface area contributed by atoms with Gasteiger partial charge >= 0.3 is 0 Å². The summed E-state index contributed by atoms with van der Waals surface area (Å²) in [6.07, 6.45) is 3.64. The Bertz CT molecular complexity index is 1400. The molecular weight excluding hydrogens is 572 g/mol. The molecular formula is C24H29ClN4O6S3. The number of piperidine rings is 1. The van der Waals surface area contributed by atoms with E-state index < -0.39 is 32.0 Å². The molecule has 38 heavy (non-hydrogen) atoms. The quantitative estimate of drug-likeness (QED) is 0.430. The Labute approximate surface area is 231 Å². The van der Waals surface area contributed by atoms with Crippen molar-refractivity contribution in [2.45, 2.75) is 42.7 Å². The zero-order chi connectivity index (χ0) is 27.3. The summed E-state index contributed by atoms with van der Waals surface area (Å²) in [7, 11) is -7.61. The molecule has 2 aliphatic heterocycles. The van der Waals surface area contributed by atoms with Crippen molar-refractivity contribution in [2.24, 2.45) is 0 Å². The number of carbonyl (C=O) groups excluding carboxylic acids is 2. The van der Waals surface area contributed by atoms with Crippen molar-refractivity contribution >= 4 is 60.9 Å². The minimum absolute atomic E-state index is 0.0706. The number of halogens is 1. The minimum atomic E-state index is -3.90. The van der Waals surface area contributed by atoms with Gasteiger partial charge in [-0.15, -0.1) is 11.3 Å². The number of hydrogen-bond donors (Lipinski definition) is 2. The molecule has 1 aromatic heterocycles. The second-order valence-corrected chi connectivity index (χ2v) is 14.2. The lowest BCUT2D eigenvalue weighted by atomic mass is 10.1. The lowest BCUT2D eigenvalue weighted by Crippen LogP contribution is -2.55. The van der Waals surface area contributed by atoms with E-state index in [-0.39, 0.29) is 29.9 Å². The van der Waals surface area contributed by atoms with E-state index in [0.29, 0.717) is 41.6 Å². The van der Waals surface area contributed by atoms with Crippen molar-refractivity contribution < 1.29 is 26.4 Å². The van der Waals surface area contributed by atoms with Crippen LogP contribution >= 0.6 is 22.9 Å². The molecule has 4 rings (SSSR count). The summed E-state index contributed by atoms with van der Waals surface area (Å²) < 4.78 is 55.7. The molecule has 0 radical (unpaired) electrons. The number of nitrogens with zero attached hydrogens (tertiary/aromatic N) is 2. The smallest absolute Gasteiger partial charge is 0.242 e. The number of benzene rings is 1. The molecule has 2 amide bonds. The molecule has 0 bridgehead atoms. The van der Waals surface area contributed by atoms with E-state index in [9.17, 15) is 26.4 Å². The summed E-state index contributed by atoms with van der Waals surface area (Å²) in [5.41, 5.74) is 0. The van der Waals surface area contributed by atoms with Crippen LogP contribution in [0, 0.1) is 0 Å². The second kappa shape index (κ2) is 12.3. The molecule has 0 aliphatic carbocycles. The number of thiophene rings is 1. The van der Waals surface area contributed by atoms with Gasteiger partial charge < -0.3 is 9.80 Å². The molecule has 2 fully saturated rings. The largest absolute Gasteiger partial charge is 0.337 e. The summed E-state index contributed by atoms with van der Waals surface area (Å²) in [5.74, 6) is -0.751. The van der Waals surface area contributed by atoms with Crippen molar-refractivity contribution in [1.82, 2.24) is 19.2 Å². The van der Waals surface area contributed by atoms with Gasteiger partial charge in [0.2, 0.25) is 31.9 Å². The Morgan fingerprint density at radius 2 is 1.79 bits per heavy atom. The van der Waals surface area contributed by atoms with Crippen LogP contribution in [0.25, 0.3) is 6.08 Å². The molecule has 10 nitrogen and oxygen atoms in total. The van der Waals surface area contributed by atoms with Crippen molar-refractivity contribution in [1.29, 1.82) is 0 Å². The van der Waals surface area contributed by atoms with Crippen LogP contribution < -0.4 is 9.44 Å². The Balaban J connectivity index is 1.33. The molecule has 0 saturated carbocycles. The SMILES string of the molecule is O=C1[C@@H](NS(=O)(=O)/C=C/c2ccc(Cl)s2)CCCN1CC(=O)N1CCC[C@@H]1CNS(=O)(=O)c1ccccc1. The normalized spacial score (nSPS) is 20.9. The van der Waals surface area contributed by atoms with Crippen LogP contribution in [0.4, 0.5) is 0 Å². The van der Waals surface area contributed by atoms with Crippen LogP contribution in [0.1, 0.15) is 30.6 Å². The summed E-state index contributed by atoms with van der Waals surface area (Å²) >= 11 is 7.10. The predicted octanol–water partition coefficient (Wildman–Crippen LogP) is 2.25. The van der Waals surface area contributed by atoms with Crippen LogP contribution in [0.2, 0.25) is 4.34 Å². The zero-order valence-corrected chi connectivity index (χ0v) is 23.7. The number of hydrogen-bond acceptors (Lipinski definition) is 7. The third kappa shape index (κ3) is 7.42.